The highest BCUT2D eigenvalue weighted by atomic mass is 16.7. The zero-order chi connectivity index (χ0) is 33.3. The summed E-state index contributed by atoms with van der Waals surface area (Å²) in [6, 6.07) is -2.83. The van der Waals surface area contributed by atoms with Crippen molar-refractivity contribution >= 4 is 41.7 Å². The third kappa shape index (κ3) is 10.7. The second-order valence-electron chi connectivity index (χ2n) is 9.99. The molecule has 2 amide bonds. The summed E-state index contributed by atoms with van der Waals surface area (Å²) in [5.41, 5.74) is 0. The van der Waals surface area contributed by atoms with Gasteiger partial charge in [-0.05, 0) is 0 Å². The molecule has 2 fully saturated rings. The molecule has 2 aliphatic heterocycles. The quantitative estimate of drug-likeness (QED) is 0.161. The summed E-state index contributed by atoms with van der Waals surface area (Å²) in [6.07, 6.45) is -12.1. The van der Waals surface area contributed by atoms with E-state index in [4.69, 9.17) is 37.9 Å². The van der Waals surface area contributed by atoms with E-state index in [0.717, 1.165) is 48.5 Å². The van der Waals surface area contributed by atoms with Crippen molar-refractivity contribution < 1.29 is 76.6 Å². The largest absolute Gasteiger partial charge is 0.463 e. The third-order valence-electron chi connectivity index (χ3n) is 6.15. The number of aliphatic hydroxyl groups excluding tert-OH is 1. The number of rotatable bonds is 11. The summed E-state index contributed by atoms with van der Waals surface area (Å²) in [4.78, 5) is 83.8. The first kappa shape index (κ1) is 36.3. The van der Waals surface area contributed by atoms with E-state index >= 15 is 0 Å². The minimum absolute atomic E-state index is 0.531. The molecular formula is C26H38N2O16. The van der Waals surface area contributed by atoms with Crippen LogP contribution in [0.3, 0.4) is 0 Å². The van der Waals surface area contributed by atoms with E-state index in [1.807, 2.05) is 0 Å². The molecule has 248 valence electrons. The minimum Gasteiger partial charge on any atom is -0.463 e. The van der Waals surface area contributed by atoms with Gasteiger partial charge in [-0.25, -0.2) is 0 Å². The molecule has 2 saturated heterocycles. The lowest BCUT2D eigenvalue weighted by molar-refractivity contribution is -0.330. The molecule has 2 aliphatic rings. The molecule has 18 heteroatoms. The maximum absolute atomic E-state index is 12.3. The molecule has 0 aromatic heterocycles. The fraction of sp³-hybridized carbons (Fsp3) is 0.731. The topological polar surface area (TPSA) is 238 Å². The average Bonchev–Trinajstić information content (AvgIpc) is 2.87. The molecule has 0 spiro atoms. The summed E-state index contributed by atoms with van der Waals surface area (Å²) in [7, 11) is 0. The van der Waals surface area contributed by atoms with Gasteiger partial charge >= 0.3 is 29.8 Å². The van der Waals surface area contributed by atoms with E-state index in [2.05, 4.69) is 10.6 Å². The summed E-state index contributed by atoms with van der Waals surface area (Å²) in [6.45, 7) is 6.58. The van der Waals surface area contributed by atoms with Crippen LogP contribution in [0.15, 0.2) is 0 Å². The number of ether oxygens (including phenoxy) is 8. The Kier molecular flexibility index (Phi) is 13.4. The van der Waals surface area contributed by atoms with Crippen LogP contribution in [0, 0.1) is 0 Å². The van der Waals surface area contributed by atoms with Crippen LogP contribution in [0.2, 0.25) is 0 Å². The van der Waals surface area contributed by atoms with Gasteiger partial charge in [0.2, 0.25) is 11.8 Å². The minimum atomic E-state index is -1.78. The lowest BCUT2D eigenvalue weighted by Crippen LogP contribution is -2.70. The zero-order valence-electron chi connectivity index (χ0n) is 25.3. The zero-order valence-corrected chi connectivity index (χ0v) is 25.3. The molecule has 0 aromatic rings. The molecule has 0 bridgehead atoms. The number of amides is 2. The Bertz CT molecular complexity index is 1100. The maximum atomic E-state index is 12.3. The van der Waals surface area contributed by atoms with Gasteiger partial charge in [0.05, 0.1) is 0 Å². The van der Waals surface area contributed by atoms with Gasteiger partial charge in [-0.15, -0.1) is 0 Å². The Morgan fingerprint density at radius 1 is 0.568 bits per heavy atom. The number of carbonyl (C=O) groups excluding carboxylic acids is 7. The van der Waals surface area contributed by atoms with Crippen LogP contribution in [0.1, 0.15) is 48.5 Å². The lowest BCUT2D eigenvalue weighted by Gasteiger charge is -2.49. The molecular weight excluding hydrogens is 596 g/mol. The van der Waals surface area contributed by atoms with E-state index in [0.29, 0.717) is 0 Å². The van der Waals surface area contributed by atoms with Crippen molar-refractivity contribution in [2.75, 3.05) is 13.2 Å². The maximum Gasteiger partial charge on any atom is 0.303 e. The second kappa shape index (κ2) is 16.3. The summed E-state index contributed by atoms with van der Waals surface area (Å²) in [5.74, 6) is -5.31. The Morgan fingerprint density at radius 3 is 1.41 bits per heavy atom. The molecule has 3 N–H and O–H groups in total. The van der Waals surface area contributed by atoms with Gasteiger partial charge in [0.1, 0.15) is 43.6 Å². The lowest BCUT2D eigenvalue weighted by atomic mass is 9.94. The van der Waals surface area contributed by atoms with Crippen molar-refractivity contribution in [3.8, 4) is 0 Å². The van der Waals surface area contributed by atoms with Crippen LogP contribution in [-0.4, -0.2) is 121 Å². The second-order valence-corrected chi connectivity index (χ2v) is 9.99. The first-order valence-corrected chi connectivity index (χ1v) is 13.5. The fourth-order valence-electron chi connectivity index (χ4n) is 4.70. The van der Waals surface area contributed by atoms with Gasteiger partial charge in [0, 0.05) is 48.5 Å². The molecule has 0 aromatic carbocycles. The van der Waals surface area contributed by atoms with E-state index < -0.39 is 116 Å². The highest BCUT2D eigenvalue weighted by Gasteiger charge is 2.55. The van der Waals surface area contributed by atoms with E-state index in [9.17, 15) is 38.7 Å². The Hall–Kier alpha value is -3.87. The average molecular weight is 635 g/mol. The monoisotopic (exact) mass is 634 g/mol. The number of hydrogen-bond donors (Lipinski definition) is 3. The van der Waals surface area contributed by atoms with Gasteiger partial charge in [-0.3, -0.25) is 33.6 Å². The van der Waals surface area contributed by atoms with Crippen LogP contribution in [0.5, 0.6) is 0 Å². The Balaban J connectivity index is 2.66. The van der Waals surface area contributed by atoms with Crippen molar-refractivity contribution in [1.29, 1.82) is 0 Å². The van der Waals surface area contributed by atoms with Gasteiger partial charge in [0.25, 0.3) is 0 Å². The number of nitrogens with one attached hydrogen (secondary N) is 2. The number of carbonyl (C=O) groups is 7. The van der Waals surface area contributed by atoms with Gasteiger partial charge in [-0.2, -0.15) is 0 Å². The molecule has 0 saturated carbocycles. The van der Waals surface area contributed by atoms with Crippen molar-refractivity contribution in [3.05, 3.63) is 0 Å². The molecule has 0 aliphatic carbocycles. The summed E-state index contributed by atoms with van der Waals surface area (Å²) >= 11 is 0. The standard InChI is InChI=1S/C26H38N2O16/c1-10(29)27-19-23(40-15(6)34)22(17(42-25(19)36)8-37-12(3)31)44-26-20(28-11(2)30)24(41-16(7)35)21(39-14(5)33)18(43-26)9-38-13(4)32/h17-26,36H,8-9H2,1-7H3,(H,27,29)(H,28,30)/t17-,18-,19-,20+,21-,22-,23-,24-,25-,26+/m1/s1. The molecule has 10 atom stereocenters. The summed E-state index contributed by atoms with van der Waals surface area (Å²) < 4.78 is 44.2. The van der Waals surface area contributed by atoms with Crippen molar-refractivity contribution in [2.45, 2.75) is 110 Å². The fourth-order valence-corrected chi connectivity index (χ4v) is 4.70. The van der Waals surface area contributed by atoms with Crippen LogP contribution in [0.4, 0.5) is 0 Å². The van der Waals surface area contributed by atoms with Gasteiger partial charge in [-0.1, -0.05) is 0 Å². The smallest absolute Gasteiger partial charge is 0.303 e. The van der Waals surface area contributed by atoms with Crippen molar-refractivity contribution in [1.82, 2.24) is 10.6 Å². The Labute approximate surface area is 252 Å². The predicted molar refractivity (Wildman–Crippen MR) is 140 cm³/mol. The predicted octanol–water partition coefficient (Wildman–Crippen LogP) is -2.26. The van der Waals surface area contributed by atoms with Gasteiger partial charge in [0.15, 0.2) is 30.9 Å². The summed E-state index contributed by atoms with van der Waals surface area (Å²) in [5, 5.41) is 15.6. The molecule has 2 heterocycles. The van der Waals surface area contributed by atoms with Crippen molar-refractivity contribution in [3.63, 3.8) is 0 Å². The molecule has 2 rings (SSSR count). The van der Waals surface area contributed by atoms with Crippen molar-refractivity contribution in [2.24, 2.45) is 0 Å². The number of esters is 5. The highest BCUT2D eigenvalue weighted by molar-refractivity contribution is 5.74. The van der Waals surface area contributed by atoms with Crippen LogP contribution < -0.4 is 10.6 Å². The van der Waals surface area contributed by atoms with E-state index in [1.54, 1.807) is 0 Å². The van der Waals surface area contributed by atoms with Crippen LogP contribution in [0.25, 0.3) is 0 Å². The normalized spacial score (nSPS) is 31.5. The third-order valence-corrected chi connectivity index (χ3v) is 6.15. The Morgan fingerprint density at radius 2 is 0.977 bits per heavy atom. The van der Waals surface area contributed by atoms with Gasteiger partial charge < -0.3 is 53.6 Å². The highest BCUT2D eigenvalue weighted by Crippen LogP contribution is 2.33. The first-order chi connectivity index (χ1) is 20.5. The number of hydrogen-bond acceptors (Lipinski definition) is 16. The van der Waals surface area contributed by atoms with Crippen LogP contribution >= 0.6 is 0 Å². The first-order valence-electron chi connectivity index (χ1n) is 13.5. The van der Waals surface area contributed by atoms with E-state index in [1.165, 1.54) is 0 Å². The number of aliphatic hydroxyl groups is 1. The SMILES string of the molecule is CC(=O)N[C@@H]1[C@H](O[C@H]2[C@H](OC(C)=O)[C@@H](NC(C)=O)[C@H](O)O[C@@H]2COC(C)=O)O[C@H](COC(C)=O)[C@@H](OC(C)=O)[C@@H]1OC(C)=O. The molecule has 0 radical (unpaired) electrons. The molecule has 18 nitrogen and oxygen atoms in total. The van der Waals surface area contributed by atoms with E-state index in [-0.39, 0.29) is 0 Å². The molecule has 44 heavy (non-hydrogen) atoms. The van der Waals surface area contributed by atoms with Crippen LogP contribution in [-0.2, 0) is 71.5 Å². The molecule has 0 unspecified atom stereocenters.